The molecule has 1 N–H and O–H groups in total. The fourth-order valence-corrected chi connectivity index (χ4v) is 2.61. The minimum Gasteiger partial charge on any atom is -0.480 e. The van der Waals surface area contributed by atoms with Gasteiger partial charge < -0.3 is 5.11 Å². The lowest BCUT2D eigenvalue weighted by Crippen LogP contribution is -2.48. The van der Waals surface area contributed by atoms with Gasteiger partial charge in [-0.05, 0) is 12.5 Å². The van der Waals surface area contributed by atoms with Crippen molar-refractivity contribution in [3.8, 4) is 0 Å². The number of carbonyl (C=O) groups is 1. The van der Waals surface area contributed by atoms with Crippen molar-refractivity contribution in [1.29, 1.82) is 0 Å². The molecule has 1 aromatic carbocycles. The molecule has 1 heterocycles. The molecular weight excluding hydrogens is 274 g/mol. The van der Waals surface area contributed by atoms with Crippen LogP contribution < -0.4 is 0 Å². The van der Waals surface area contributed by atoms with Crippen molar-refractivity contribution in [2.75, 3.05) is 32.7 Å². The van der Waals surface area contributed by atoms with Crippen LogP contribution in [0.25, 0.3) is 0 Å². The molecule has 1 saturated heterocycles. The Hall–Kier alpha value is -1.99. The third-order valence-electron chi connectivity index (χ3n) is 3.88. The largest absolute Gasteiger partial charge is 0.480 e. The van der Waals surface area contributed by atoms with E-state index in [9.17, 15) is 14.9 Å². The van der Waals surface area contributed by atoms with Crippen molar-refractivity contribution >= 4 is 11.7 Å². The molecule has 1 fully saturated rings. The van der Waals surface area contributed by atoms with E-state index >= 15 is 0 Å². The number of non-ortho nitro benzene ring substituents is 1. The lowest BCUT2D eigenvalue weighted by atomic mass is 10.1. The third-order valence-corrected chi connectivity index (χ3v) is 3.88. The molecule has 1 atom stereocenters. The third kappa shape index (κ3) is 3.99. The molecule has 7 heteroatoms. The lowest BCUT2D eigenvalue weighted by Gasteiger charge is -2.37. The zero-order chi connectivity index (χ0) is 15.4. The predicted octanol–water partition coefficient (Wildman–Crippen LogP) is 1.36. The van der Waals surface area contributed by atoms with E-state index in [1.54, 1.807) is 12.1 Å². The van der Waals surface area contributed by atoms with Crippen LogP contribution in [-0.2, 0) is 4.79 Å². The van der Waals surface area contributed by atoms with Crippen molar-refractivity contribution in [1.82, 2.24) is 9.80 Å². The molecule has 1 unspecified atom stereocenters. The Bertz CT molecular complexity index is 527. The normalized spacial score (nSPS) is 18.3. The van der Waals surface area contributed by atoms with Crippen LogP contribution >= 0.6 is 0 Å². The molecule has 21 heavy (non-hydrogen) atoms. The summed E-state index contributed by atoms with van der Waals surface area (Å²) in [7, 11) is 0. The van der Waals surface area contributed by atoms with Crippen LogP contribution in [0.2, 0.25) is 0 Å². The fourth-order valence-electron chi connectivity index (χ4n) is 2.61. The SMILES string of the molecule is CC(c1cccc([N+](=O)[O-])c1)N1CCN(CC(=O)O)CC1. The van der Waals surface area contributed by atoms with Gasteiger partial charge in [-0.2, -0.15) is 0 Å². The second kappa shape index (κ2) is 6.64. The number of hydrogen-bond acceptors (Lipinski definition) is 5. The quantitative estimate of drug-likeness (QED) is 0.651. The number of nitro benzene ring substituents is 1. The standard InChI is InChI=1S/C14H19N3O4/c1-11(12-3-2-4-13(9-12)17(20)21)16-7-5-15(6-8-16)10-14(18)19/h2-4,9,11H,5-8,10H2,1H3,(H,18,19). The van der Waals surface area contributed by atoms with Gasteiger partial charge in [-0.3, -0.25) is 24.7 Å². The molecule has 1 aliphatic rings. The summed E-state index contributed by atoms with van der Waals surface area (Å²) in [6.07, 6.45) is 0. The van der Waals surface area contributed by atoms with Crippen LogP contribution in [0.1, 0.15) is 18.5 Å². The average Bonchev–Trinajstić information content (AvgIpc) is 2.47. The molecule has 0 bridgehead atoms. The van der Waals surface area contributed by atoms with Gasteiger partial charge in [0.2, 0.25) is 0 Å². The Kier molecular flexibility index (Phi) is 4.87. The Morgan fingerprint density at radius 1 is 1.38 bits per heavy atom. The van der Waals surface area contributed by atoms with Gasteiger partial charge in [0.05, 0.1) is 11.5 Å². The van der Waals surface area contributed by atoms with Gasteiger partial charge in [-0.1, -0.05) is 12.1 Å². The van der Waals surface area contributed by atoms with Crippen LogP contribution in [0.5, 0.6) is 0 Å². The number of hydrogen-bond donors (Lipinski definition) is 1. The van der Waals surface area contributed by atoms with E-state index in [0.29, 0.717) is 13.1 Å². The van der Waals surface area contributed by atoms with E-state index in [2.05, 4.69) is 4.90 Å². The van der Waals surface area contributed by atoms with Gasteiger partial charge in [0, 0.05) is 44.4 Å². The molecule has 0 aromatic heterocycles. The molecule has 0 radical (unpaired) electrons. The summed E-state index contributed by atoms with van der Waals surface area (Å²) in [6.45, 7) is 5.01. The second-order valence-corrected chi connectivity index (χ2v) is 5.23. The molecule has 1 aliphatic heterocycles. The number of piperazine rings is 1. The Morgan fingerprint density at radius 3 is 2.62 bits per heavy atom. The number of rotatable bonds is 5. The highest BCUT2D eigenvalue weighted by Gasteiger charge is 2.23. The van der Waals surface area contributed by atoms with Crippen LogP contribution in [0.15, 0.2) is 24.3 Å². The van der Waals surface area contributed by atoms with Crippen molar-refractivity contribution in [2.45, 2.75) is 13.0 Å². The van der Waals surface area contributed by atoms with Crippen molar-refractivity contribution in [3.05, 3.63) is 39.9 Å². The van der Waals surface area contributed by atoms with Gasteiger partial charge in [0.1, 0.15) is 0 Å². The summed E-state index contributed by atoms with van der Waals surface area (Å²) in [5.41, 5.74) is 1.01. The van der Waals surface area contributed by atoms with E-state index in [-0.39, 0.29) is 23.2 Å². The zero-order valence-corrected chi connectivity index (χ0v) is 11.9. The highest BCUT2D eigenvalue weighted by molar-refractivity contribution is 5.69. The van der Waals surface area contributed by atoms with Gasteiger partial charge >= 0.3 is 5.97 Å². The molecule has 1 aromatic rings. The van der Waals surface area contributed by atoms with Crippen LogP contribution in [0.4, 0.5) is 5.69 Å². The summed E-state index contributed by atoms with van der Waals surface area (Å²) < 4.78 is 0. The smallest absolute Gasteiger partial charge is 0.317 e. The van der Waals surface area contributed by atoms with E-state index in [4.69, 9.17) is 5.11 Å². The van der Waals surface area contributed by atoms with E-state index in [1.165, 1.54) is 6.07 Å². The molecule has 0 saturated carbocycles. The Morgan fingerprint density at radius 2 is 2.05 bits per heavy atom. The Balaban J connectivity index is 1.98. The number of nitro groups is 1. The molecule has 0 amide bonds. The molecule has 114 valence electrons. The van der Waals surface area contributed by atoms with Gasteiger partial charge in [-0.15, -0.1) is 0 Å². The summed E-state index contributed by atoms with van der Waals surface area (Å²) in [4.78, 5) is 25.2. The lowest BCUT2D eigenvalue weighted by molar-refractivity contribution is -0.385. The van der Waals surface area contributed by atoms with Gasteiger partial charge in [0.15, 0.2) is 0 Å². The molecular formula is C14H19N3O4. The zero-order valence-electron chi connectivity index (χ0n) is 11.9. The van der Waals surface area contributed by atoms with Crippen LogP contribution in [0.3, 0.4) is 0 Å². The van der Waals surface area contributed by atoms with E-state index in [0.717, 1.165) is 18.7 Å². The topological polar surface area (TPSA) is 86.9 Å². The average molecular weight is 293 g/mol. The first kappa shape index (κ1) is 15.4. The maximum atomic E-state index is 10.8. The highest BCUT2D eigenvalue weighted by Crippen LogP contribution is 2.24. The maximum absolute atomic E-state index is 10.8. The second-order valence-electron chi connectivity index (χ2n) is 5.23. The first-order valence-corrected chi connectivity index (χ1v) is 6.90. The van der Waals surface area contributed by atoms with Crippen LogP contribution in [-0.4, -0.2) is 58.5 Å². The molecule has 7 nitrogen and oxygen atoms in total. The number of benzene rings is 1. The summed E-state index contributed by atoms with van der Waals surface area (Å²) in [6, 6.07) is 6.76. The fraction of sp³-hybridized carbons (Fsp3) is 0.500. The van der Waals surface area contributed by atoms with Crippen molar-refractivity contribution in [2.24, 2.45) is 0 Å². The monoisotopic (exact) mass is 293 g/mol. The first-order chi connectivity index (χ1) is 9.97. The van der Waals surface area contributed by atoms with Crippen molar-refractivity contribution in [3.63, 3.8) is 0 Å². The predicted molar refractivity (Wildman–Crippen MR) is 77.2 cm³/mol. The number of carboxylic acids is 1. The molecule has 2 rings (SSSR count). The van der Waals surface area contributed by atoms with Gasteiger partial charge in [0.25, 0.3) is 5.69 Å². The number of carboxylic acid groups (broad SMARTS) is 1. The highest BCUT2D eigenvalue weighted by atomic mass is 16.6. The molecule has 0 aliphatic carbocycles. The van der Waals surface area contributed by atoms with Crippen LogP contribution in [0, 0.1) is 10.1 Å². The van der Waals surface area contributed by atoms with Crippen molar-refractivity contribution < 1.29 is 14.8 Å². The Labute approximate surface area is 122 Å². The van der Waals surface area contributed by atoms with E-state index in [1.807, 2.05) is 17.9 Å². The van der Waals surface area contributed by atoms with Gasteiger partial charge in [-0.25, -0.2) is 0 Å². The summed E-state index contributed by atoms with van der Waals surface area (Å²) in [5.74, 6) is -0.810. The minimum atomic E-state index is -0.810. The van der Waals surface area contributed by atoms with E-state index < -0.39 is 5.97 Å². The number of aliphatic carboxylic acids is 1. The summed E-state index contributed by atoms with van der Waals surface area (Å²) >= 11 is 0. The maximum Gasteiger partial charge on any atom is 0.317 e. The molecule has 0 spiro atoms. The first-order valence-electron chi connectivity index (χ1n) is 6.90. The number of nitrogens with zero attached hydrogens (tertiary/aromatic N) is 3. The minimum absolute atomic E-state index is 0.0685. The summed E-state index contributed by atoms with van der Waals surface area (Å²) in [5, 5.41) is 19.6.